The molecule has 0 spiro atoms. The molecule has 0 saturated carbocycles. The van der Waals surface area contributed by atoms with Crippen LogP contribution in [0.3, 0.4) is 0 Å². The zero-order chi connectivity index (χ0) is 21.5. The molecule has 162 valence electrons. The summed E-state index contributed by atoms with van der Waals surface area (Å²) in [5.74, 6) is 0.00604. The third kappa shape index (κ3) is 12.3. The van der Waals surface area contributed by atoms with Crippen molar-refractivity contribution in [1.82, 2.24) is 5.43 Å². The van der Waals surface area contributed by atoms with E-state index in [0.29, 0.717) is 6.42 Å². The van der Waals surface area contributed by atoms with Crippen molar-refractivity contribution in [3.8, 4) is 0 Å². The zero-order valence-electron chi connectivity index (χ0n) is 19.4. The van der Waals surface area contributed by atoms with Crippen molar-refractivity contribution in [3.63, 3.8) is 0 Å². The van der Waals surface area contributed by atoms with E-state index in [1.165, 1.54) is 50.5 Å². The molecule has 0 aliphatic carbocycles. The first-order valence-corrected chi connectivity index (χ1v) is 11.4. The van der Waals surface area contributed by atoms with Gasteiger partial charge in [-0.1, -0.05) is 109 Å². The molecule has 29 heavy (non-hydrogen) atoms. The molecule has 0 saturated heterocycles. The van der Waals surface area contributed by atoms with Crippen LogP contribution in [0.4, 0.5) is 0 Å². The van der Waals surface area contributed by atoms with Crippen molar-refractivity contribution in [2.45, 2.75) is 104 Å². The third-order valence-electron chi connectivity index (χ3n) is 5.14. The SMILES string of the molecule is CCCCCCCCCCCC(=O)N/N=C/C(C)=C/c1ccc(C(C)(C)C)cc1. The van der Waals surface area contributed by atoms with E-state index < -0.39 is 0 Å². The minimum Gasteiger partial charge on any atom is -0.273 e. The number of allylic oxidation sites excluding steroid dienone is 1. The highest BCUT2D eigenvalue weighted by Crippen LogP contribution is 2.22. The molecular formula is C26H42N2O. The summed E-state index contributed by atoms with van der Waals surface area (Å²) >= 11 is 0. The molecule has 0 aliphatic heterocycles. The lowest BCUT2D eigenvalue weighted by molar-refractivity contribution is -0.121. The molecule has 0 unspecified atom stereocenters. The normalized spacial score (nSPS) is 12.5. The predicted molar refractivity (Wildman–Crippen MR) is 127 cm³/mol. The Morgan fingerprint density at radius 2 is 1.48 bits per heavy atom. The number of carbonyl (C=O) groups excluding carboxylic acids is 1. The molecule has 0 aromatic heterocycles. The summed E-state index contributed by atoms with van der Waals surface area (Å²) in [7, 11) is 0. The quantitative estimate of drug-likeness (QED) is 0.210. The van der Waals surface area contributed by atoms with Crippen molar-refractivity contribution in [2.24, 2.45) is 5.10 Å². The monoisotopic (exact) mass is 398 g/mol. The van der Waals surface area contributed by atoms with E-state index in [1.807, 2.05) is 6.92 Å². The second kappa shape index (κ2) is 14.1. The Balaban J connectivity index is 2.21. The molecular weight excluding hydrogens is 356 g/mol. The van der Waals surface area contributed by atoms with E-state index in [9.17, 15) is 4.79 Å². The molecule has 0 atom stereocenters. The Kier molecular flexibility index (Phi) is 12.3. The standard InChI is InChI=1S/C26H42N2O/c1-6-7-8-9-10-11-12-13-14-15-25(29)28-27-21-22(2)20-23-16-18-24(19-17-23)26(3,4)5/h16-21H,6-15H2,1-5H3,(H,28,29)/b22-20+,27-21+. The minimum atomic E-state index is 0.00604. The molecule has 3 nitrogen and oxygen atoms in total. The van der Waals surface area contributed by atoms with Gasteiger partial charge in [-0.05, 0) is 35.5 Å². The van der Waals surface area contributed by atoms with Crippen LogP contribution < -0.4 is 5.43 Å². The van der Waals surface area contributed by atoms with Crippen LogP contribution in [0.25, 0.3) is 6.08 Å². The molecule has 1 aromatic carbocycles. The predicted octanol–water partition coefficient (Wildman–Crippen LogP) is 7.41. The van der Waals surface area contributed by atoms with Gasteiger partial charge in [0.1, 0.15) is 0 Å². The highest BCUT2D eigenvalue weighted by atomic mass is 16.2. The number of rotatable bonds is 13. The first kappa shape index (κ1) is 25.1. The zero-order valence-corrected chi connectivity index (χ0v) is 19.4. The largest absolute Gasteiger partial charge is 0.273 e. The first-order chi connectivity index (χ1) is 13.8. The number of amides is 1. The Labute approximate surface area is 179 Å². The fourth-order valence-corrected chi connectivity index (χ4v) is 3.24. The van der Waals surface area contributed by atoms with Crippen LogP contribution >= 0.6 is 0 Å². The van der Waals surface area contributed by atoms with Crippen LogP contribution in [0, 0.1) is 0 Å². The molecule has 3 heteroatoms. The maximum Gasteiger partial charge on any atom is 0.240 e. The molecule has 0 radical (unpaired) electrons. The number of carbonyl (C=O) groups is 1. The maximum atomic E-state index is 11.9. The number of unbranched alkanes of at least 4 members (excludes halogenated alkanes) is 8. The lowest BCUT2D eigenvalue weighted by atomic mass is 9.86. The fourth-order valence-electron chi connectivity index (χ4n) is 3.24. The van der Waals surface area contributed by atoms with Crippen LogP contribution in [-0.2, 0) is 10.2 Å². The van der Waals surface area contributed by atoms with Crippen LogP contribution in [0.2, 0.25) is 0 Å². The van der Waals surface area contributed by atoms with E-state index in [4.69, 9.17) is 0 Å². The number of hydrazone groups is 1. The molecule has 1 aromatic rings. The van der Waals surface area contributed by atoms with Gasteiger partial charge < -0.3 is 0 Å². The van der Waals surface area contributed by atoms with Gasteiger partial charge in [-0.15, -0.1) is 0 Å². The van der Waals surface area contributed by atoms with Gasteiger partial charge in [-0.2, -0.15) is 5.10 Å². The summed E-state index contributed by atoms with van der Waals surface area (Å²) in [4.78, 5) is 11.9. The van der Waals surface area contributed by atoms with Gasteiger partial charge in [0.15, 0.2) is 0 Å². The van der Waals surface area contributed by atoms with Crippen LogP contribution in [-0.4, -0.2) is 12.1 Å². The Hall–Kier alpha value is -1.90. The Morgan fingerprint density at radius 1 is 0.931 bits per heavy atom. The highest BCUT2D eigenvalue weighted by Gasteiger charge is 2.12. The molecule has 1 rings (SSSR count). The van der Waals surface area contributed by atoms with Gasteiger partial charge in [0, 0.05) is 6.42 Å². The molecule has 0 fully saturated rings. The van der Waals surface area contributed by atoms with E-state index in [-0.39, 0.29) is 11.3 Å². The molecule has 0 bridgehead atoms. The van der Waals surface area contributed by atoms with Crippen LogP contribution in [0.1, 0.15) is 110 Å². The number of benzene rings is 1. The van der Waals surface area contributed by atoms with E-state index >= 15 is 0 Å². The summed E-state index contributed by atoms with van der Waals surface area (Å²) < 4.78 is 0. The van der Waals surface area contributed by atoms with E-state index in [1.54, 1.807) is 6.21 Å². The average Bonchev–Trinajstić information content (AvgIpc) is 2.66. The van der Waals surface area contributed by atoms with Gasteiger partial charge in [-0.25, -0.2) is 5.43 Å². The Bertz CT molecular complexity index is 636. The Morgan fingerprint density at radius 3 is 2.03 bits per heavy atom. The lowest BCUT2D eigenvalue weighted by Crippen LogP contribution is -2.16. The van der Waals surface area contributed by atoms with Crippen LogP contribution in [0.15, 0.2) is 34.9 Å². The van der Waals surface area contributed by atoms with Crippen molar-refractivity contribution in [1.29, 1.82) is 0 Å². The number of nitrogens with one attached hydrogen (secondary N) is 1. The van der Waals surface area contributed by atoms with Crippen molar-refractivity contribution in [3.05, 3.63) is 41.0 Å². The van der Waals surface area contributed by atoms with Crippen LogP contribution in [0.5, 0.6) is 0 Å². The first-order valence-electron chi connectivity index (χ1n) is 11.4. The summed E-state index contributed by atoms with van der Waals surface area (Å²) in [6.07, 6.45) is 15.7. The van der Waals surface area contributed by atoms with Gasteiger partial charge in [-0.3, -0.25) is 4.79 Å². The van der Waals surface area contributed by atoms with Crippen molar-refractivity contribution >= 4 is 18.2 Å². The third-order valence-corrected chi connectivity index (χ3v) is 5.14. The maximum absolute atomic E-state index is 11.9. The summed E-state index contributed by atoms with van der Waals surface area (Å²) in [6.45, 7) is 10.9. The van der Waals surface area contributed by atoms with Crippen molar-refractivity contribution < 1.29 is 4.79 Å². The highest BCUT2D eigenvalue weighted by molar-refractivity contribution is 5.86. The molecule has 0 aliphatic rings. The molecule has 1 amide bonds. The van der Waals surface area contributed by atoms with Gasteiger partial charge in [0.2, 0.25) is 5.91 Å². The number of nitrogens with zero attached hydrogens (tertiary/aromatic N) is 1. The number of hydrogen-bond donors (Lipinski definition) is 1. The fraction of sp³-hybridized carbons (Fsp3) is 0.615. The topological polar surface area (TPSA) is 41.5 Å². The smallest absolute Gasteiger partial charge is 0.240 e. The van der Waals surface area contributed by atoms with Gasteiger partial charge >= 0.3 is 0 Å². The lowest BCUT2D eigenvalue weighted by Gasteiger charge is -2.18. The van der Waals surface area contributed by atoms with E-state index in [0.717, 1.165) is 24.0 Å². The average molecular weight is 399 g/mol. The van der Waals surface area contributed by atoms with Gasteiger partial charge in [0.25, 0.3) is 0 Å². The summed E-state index contributed by atoms with van der Waals surface area (Å²) in [5, 5.41) is 4.09. The second-order valence-corrected chi connectivity index (χ2v) is 9.13. The van der Waals surface area contributed by atoms with Crippen molar-refractivity contribution in [2.75, 3.05) is 0 Å². The second-order valence-electron chi connectivity index (χ2n) is 9.13. The van der Waals surface area contributed by atoms with Gasteiger partial charge in [0.05, 0.1) is 6.21 Å². The minimum absolute atomic E-state index is 0.00604. The van der Waals surface area contributed by atoms with E-state index in [2.05, 4.69) is 68.6 Å². The summed E-state index contributed by atoms with van der Waals surface area (Å²) in [5.41, 5.74) is 6.28. The molecule has 1 N–H and O–H groups in total. The number of hydrogen-bond acceptors (Lipinski definition) is 2. The molecule has 0 heterocycles. The summed E-state index contributed by atoms with van der Waals surface area (Å²) in [6, 6.07) is 8.59.